The minimum Gasteiger partial charge on any atom is -0.205 e. The third-order valence-corrected chi connectivity index (χ3v) is 2.61. The summed E-state index contributed by atoms with van der Waals surface area (Å²) in [6, 6.07) is 0. The van der Waals surface area contributed by atoms with Crippen molar-refractivity contribution in [3.05, 3.63) is 0 Å². The summed E-state index contributed by atoms with van der Waals surface area (Å²) in [5.74, 6) is 0.586. The molecule has 5 heteroatoms. The van der Waals surface area contributed by atoms with Crippen LogP contribution in [0.4, 0.5) is 0 Å². The highest BCUT2D eigenvalue weighted by atomic mass is 32.2. The van der Waals surface area contributed by atoms with Gasteiger partial charge in [0.25, 0.3) is 10.2 Å². The van der Waals surface area contributed by atoms with Crippen molar-refractivity contribution in [1.82, 2.24) is 9.44 Å². The van der Waals surface area contributed by atoms with Crippen LogP contribution in [0.2, 0.25) is 0 Å². The van der Waals surface area contributed by atoms with Crippen LogP contribution in [0.25, 0.3) is 0 Å². The van der Waals surface area contributed by atoms with Crippen LogP contribution >= 0.6 is 0 Å². The van der Waals surface area contributed by atoms with Crippen LogP contribution < -0.4 is 9.44 Å². The van der Waals surface area contributed by atoms with Crippen molar-refractivity contribution in [3.63, 3.8) is 0 Å². The van der Waals surface area contributed by atoms with Crippen molar-refractivity contribution in [2.75, 3.05) is 13.6 Å². The summed E-state index contributed by atoms with van der Waals surface area (Å²) in [6.45, 7) is 0.586. The van der Waals surface area contributed by atoms with E-state index in [-0.39, 0.29) is 0 Å². The molecule has 2 N–H and O–H groups in total. The fourth-order valence-electron chi connectivity index (χ4n) is 0.622. The highest BCUT2D eigenvalue weighted by Crippen LogP contribution is 2.27. The van der Waals surface area contributed by atoms with Gasteiger partial charge >= 0.3 is 0 Å². The third kappa shape index (κ3) is 2.64. The molecule has 0 aromatic carbocycles. The third-order valence-electron chi connectivity index (χ3n) is 1.53. The molecule has 4 nitrogen and oxygen atoms in total. The summed E-state index contributed by atoms with van der Waals surface area (Å²) >= 11 is 0. The molecule has 1 aliphatic carbocycles. The summed E-state index contributed by atoms with van der Waals surface area (Å²) in [5.41, 5.74) is 0. The van der Waals surface area contributed by atoms with E-state index in [2.05, 4.69) is 9.44 Å². The second-order valence-electron chi connectivity index (χ2n) is 2.50. The molecule has 0 spiro atoms. The van der Waals surface area contributed by atoms with Gasteiger partial charge in [0.05, 0.1) is 0 Å². The van der Waals surface area contributed by atoms with Crippen LogP contribution in [0.3, 0.4) is 0 Å². The molecule has 0 aliphatic heterocycles. The van der Waals surface area contributed by atoms with E-state index in [0.717, 1.165) is 12.8 Å². The molecule has 0 bridgehead atoms. The lowest BCUT2D eigenvalue weighted by molar-refractivity contribution is 0.569. The number of rotatable bonds is 4. The standard InChI is InChI=1S/C5H12N2O2S/c1-6-10(8,9)7-4-5-2-3-5/h5-7H,2-4H2,1H3. The minimum atomic E-state index is -3.17. The van der Waals surface area contributed by atoms with Gasteiger partial charge in [0.2, 0.25) is 0 Å². The van der Waals surface area contributed by atoms with Crippen LogP contribution in [0.1, 0.15) is 12.8 Å². The maximum absolute atomic E-state index is 10.7. The van der Waals surface area contributed by atoms with Crippen molar-refractivity contribution >= 4 is 10.2 Å². The highest BCUT2D eigenvalue weighted by molar-refractivity contribution is 7.87. The van der Waals surface area contributed by atoms with Crippen molar-refractivity contribution in [2.24, 2.45) is 5.92 Å². The van der Waals surface area contributed by atoms with E-state index in [9.17, 15) is 8.42 Å². The fourth-order valence-corrected chi connectivity index (χ4v) is 1.22. The quantitative estimate of drug-likeness (QED) is 0.585. The van der Waals surface area contributed by atoms with Crippen molar-refractivity contribution in [3.8, 4) is 0 Å². The lowest BCUT2D eigenvalue weighted by atomic mass is 10.4. The molecule has 0 aromatic heterocycles. The maximum atomic E-state index is 10.7. The smallest absolute Gasteiger partial charge is 0.205 e. The van der Waals surface area contributed by atoms with E-state index in [0.29, 0.717) is 12.5 Å². The van der Waals surface area contributed by atoms with Crippen molar-refractivity contribution in [2.45, 2.75) is 12.8 Å². The monoisotopic (exact) mass is 164 g/mol. The van der Waals surface area contributed by atoms with E-state index < -0.39 is 10.2 Å². The Balaban J connectivity index is 2.22. The lowest BCUT2D eigenvalue weighted by Crippen LogP contribution is -2.35. The molecule has 0 aromatic rings. The Morgan fingerprint density at radius 3 is 2.50 bits per heavy atom. The average Bonchev–Trinajstić information content (AvgIpc) is 2.66. The van der Waals surface area contributed by atoms with Crippen LogP contribution in [0.15, 0.2) is 0 Å². The predicted molar refractivity (Wildman–Crippen MR) is 38.7 cm³/mol. The Bertz CT molecular complexity index is 196. The molecule has 0 atom stereocenters. The van der Waals surface area contributed by atoms with E-state index in [4.69, 9.17) is 0 Å². The summed E-state index contributed by atoms with van der Waals surface area (Å²) in [5, 5.41) is 0. The topological polar surface area (TPSA) is 58.2 Å². The number of nitrogens with one attached hydrogen (secondary N) is 2. The highest BCUT2D eigenvalue weighted by Gasteiger charge is 2.22. The summed E-state index contributed by atoms with van der Waals surface area (Å²) in [6.07, 6.45) is 2.32. The molecule has 10 heavy (non-hydrogen) atoms. The molecule has 0 unspecified atom stereocenters. The van der Waals surface area contributed by atoms with Gasteiger partial charge in [0.1, 0.15) is 0 Å². The zero-order valence-electron chi connectivity index (χ0n) is 5.92. The zero-order valence-corrected chi connectivity index (χ0v) is 6.74. The lowest BCUT2D eigenvalue weighted by Gasteiger charge is -2.01. The Hall–Kier alpha value is -0.130. The molecule has 0 heterocycles. The summed E-state index contributed by atoms with van der Waals surface area (Å²) in [4.78, 5) is 0. The van der Waals surface area contributed by atoms with Gasteiger partial charge in [0.15, 0.2) is 0 Å². The normalized spacial score (nSPS) is 19.3. The van der Waals surface area contributed by atoms with Gasteiger partial charge < -0.3 is 0 Å². The fraction of sp³-hybridized carbons (Fsp3) is 1.00. The van der Waals surface area contributed by atoms with Gasteiger partial charge in [-0.25, -0.2) is 9.44 Å². The first kappa shape index (κ1) is 7.97. The van der Waals surface area contributed by atoms with Crippen LogP contribution in [-0.2, 0) is 10.2 Å². The van der Waals surface area contributed by atoms with Gasteiger partial charge in [0, 0.05) is 13.6 Å². The van der Waals surface area contributed by atoms with Gasteiger partial charge in [-0.15, -0.1) is 0 Å². The molecular formula is C5H12N2O2S. The van der Waals surface area contributed by atoms with Gasteiger partial charge in [-0.05, 0) is 18.8 Å². The Morgan fingerprint density at radius 2 is 2.10 bits per heavy atom. The van der Waals surface area contributed by atoms with E-state index >= 15 is 0 Å². The van der Waals surface area contributed by atoms with E-state index in [1.165, 1.54) is 7.05 Å². The molecule has 1 aliphatic rings. The Morgan fingerprint density at radius 1 is 1.50 bits per heavy atom. The van der Waals surface area contributed by atoms with Crippen molar-refractivity contribution < 1.29 is 8.42 Å². The first-order valence-corrected chi connectivity index (χ1v) is 4.80. The molecule has 1 fully saturated rings. The van der Waals surface area contributed by atoms with Crippen LogP contribution in [0.5, 0.6) is 0 Å². The average molecular weight is 164 g/mol. The molecule has 60 valence electrons. The number of hydrogen-bond acceptors (Lipinski definition) is 2. The Kier molecular flexibility index (Phi) is 2.28. The maximum Gasteiger partial charge on any atom is 0.276 e. The second-order valence-corrected chi connectivity index (χ2v) is 4.20. The molecule has 1 saturated carbocycles. The van der Waals surface area contributed by atoms with Gasteiger partial charge in [-0.3, -0.25) is 0 Å². The second kappa shape index (κ2) is 2.86. The first-order chi connectivity index (χ1) is 4.64. The van der Waals surface area contributed by atoms with Crippen LogP contribution in [-0.4, -0.2) is 22.0 Å². The molecule has 0 saturated heterocycles. The SMILES string of the molecule is CNS(=O)(=O)NCC1CC1. The molecule has 0 amide bonds. The van der Waals surface area contributed by atoms with E-state index in [1.807, 2.05) is 0 Å². The molecular weight excluding hydrogens is 152 g/mol. The number of hydrogen-bond donors (Lipinski definition) is 2. The largest absolute Gasteiger partial charge is 0.276 e. The van der Waals surface area contributed by atoms with Crippen LogP contribution in [0, 0.1) is 5.92 Å². The molecule has 1 rings (SSSR count). The van der Waals surface area contributed by atoms with Crippen molar-refractivity contribution in [1.29, 1.82) is 0 Å². The molecule has 0 radical (unpaired) electrons. The summed E-state index contributed by atoms with van der Waals surface area (Å²) in [7, 11) is -1.78. The Labute approximate surface area is 61.2 Å². The summed E-state index contributed by atoms with van der Waals surface area (Å²) < 4.78 is 26.0. The minimum absolute atomic E-state index is 0.586. The zero-order chi connectivity index (χ0) is 7.61. The first-order valence-electron chi connectivity index (χ1n) is 3.32. The van der Waals surface area contributed by atoms with Gasteiger partial charge in [-0.2, -0.15) is 8.42 Å². The predicted octanol–water partition coefficient (Wildman–Crippen LogP) is -0.550. The van der Waals surface area contributed by atoms with E-state index in [1.54, 1.807) is 0 Å². The van der Waals surface area contributed by atoms with Gasteiger partial charge in [-0.1, -0.05) is 0 Å².